The second-order valence-corrected chi connectivity index (χ2v) is 10.8. The highest BCUT2D eigenvalue weighted by Crippen LogP contribution is 2.47. The van der Waals surface area contributed by atoms with Gasteiger partial charge in [0.2, 0.25) is 0 Å². The first-order valence-electron chi connectivity index (χ1n) is 10.9. The van der Waals surface area contributed by atoms with E-state index in [2.05, 4.69) is 12.1 Å². The summed E-state index contributed by atoms with van der Waals surface area (Å²) in [4.78, 5) is 0.186. The molecule has 1 aliphatic heterocycles. The van der Waals surface area contributed by atoms with E-state index in [1.165, 1.54) is 4.41 Å². The van der Waals surface area contributed by atoms with Crippen molar-refractivity contribution >= 4 is 38.9 Å². The van der Waals surface area contributed by atoms with Crippen molar-refractivity contribution < 1.29 is 8.42 Å². The molecule has 172 valence electrons. The number of rotatable bonds is 5. The summed E-state index contributed by atoms with van der Waals surface area (Å²) in [7, 11) is -3.93. The van der Waals surface area contributed by atoms with Gasteiger partial charge >= 0.3 is 0 Å². The topological polar surface area (TPSA) is 40.6 Å². The zero-order valence-corrected chi connectivity index (χ0v) is 20.5. The molecule has 0 saturated carbocycles. The van der Waals surface area contributed by atoms with Crippen molar-refractivity contribution in [3.8, 4) is 0 Å². The molecule has 7 heteroatoms. The molecule has 1 fully saturated rings. The largest absolute Gasteiger partial charge is 0.291 e. The van der Waals surface area contributed by atoms with E-state index in [0.717, 1.165) is 16.8 Å². The molecular weight excluding hydrogens is 487 g/mol. The number of halogens is 2. The maximum absolute atomic E-state index is 14.2. The lowest BCUT2D eigenvalue weighted by Gasteiger charge is -2.33. The number of benzene rings is 4. The molecule has 2 atom stereocenters. The summed E-state index contributed by atoms with van der Waals surface area (Å²) in [5.41, 5.74) is 2.74. The summed E-state index contributed by atoms with van der Waals surface area (Å²) in [6, 6.07) is 32.9. The van der Waals surface area contributed by atoms with Crippen molar-refractivity contribution in [2.24, 2.45) is 0 Å². The van der Waals surface area contributed by atoms with E-state index in [1.54, 1.807) is 36.4 Å². The third kappa shape index (κ3) is 4.32. The number of sulfonamides is 1. The maximum atomic E-state index is 14.2. The normalized spacial score (nSPS) is 18.8. The molecule has 4 aromatic rings. The van der Waals surface area contributed by atoms with Crippen LogP contribution in [-0.4, -0.2) is 19.4 Å². The minimum Gasteiger partial charge on any atom is -0.291 e. The minimum atomic E-state index is -3.93. The number of hydrogen-bond acceptors (Lipinski definition) is 3. The van der Waals surface area contributed by atoms with E-state index >= 15 is 0 Å². The van der Waals surface area contributed by atoms with Crippen molar-refractivity contribution in [3.63, 3.8) is 0 Å². The van der Waals surface area contributed by atoms with Gasteiger partial charge in [-0.3, -0.25) is 5.01 Å². The van der Waals surface area contributed by atoms with Crippen LogP contribution in [0.1, 0.15) is 23.1 Å². The summed E-state index contributed by atoms with van der Waals surface area (Å²) in [6.45, 7) is 0.494. The highest BCUT2D eigenvalue weighted by molar-refractivity contribution is 7.89. The molecule has 0 aromatic heterocycles. The van der Waals surface area contributed by atoms with Gasteiger partial charge in [-0.1, -0.05) is 83.9 Å². The molecule has 0 spiro atoms. The average Bonchev–Trinajstić information content (AvgIpc) is 3.27. The Hall–Kier alpha value is -2.83. The Kier molecular flexibility index (Phi) is 6.36. The fourth-order valence-corrected chi connectivity index (χ4v) is 6.43. The number of para-hydroxylation sites is 1. The molecule has 0 aliphatic carbocycles. The van der Waals surface area contributed by atoms with Gasteiger partial charge in [-0.2, -0.15) is 0 Å². The van der Waals surface area contributed by atoms with E-state index < -0.39 is 16.1 Å². The molecule has 4 nitrogen and oxygen atoms in total. The minimum absolute atomic E-state index is 0.107. The van der Waals surface area contributed by atoms with Gasteiger partial charge in [-0.25, -0.2) is 8.42 Å². The molecule has 1 saturated heterocycles. The third-order valence-electron chi connectivity index (χ3n) is 6.08. The molecule has 0 bridgehead atoms. The number of anilines is 1. The molecule has 2 unspecified atom stereocenters. The monoisotopic (exact) mass is 508 g/mol. The Morgan fingerprint density at radius 3 is 1.76 bits per heavy atom. The summed E-state index contributed by atoms with van der Waals surface area (Å²) in [6.07, 6.45) is 0. The molecular formula is C27H22Cl2N2O2S. The van der Waals surface area contributed by atoms with E-state index in [4.69, 9.17) is 23.2 Å². The number of hydrogen-bond donors (Lipinski definition) is 0. The van der Waals surface area contributed by atoms with E-state index in [0.29, 0.717) is 16.6 Å². The molecule has 34 heavy (non-hydrogen) atoms. The lowest BCUT2D eigenvalue weighted by atomic mass is 9.89. The van der Waals surface area contributed by atoms with Gasteiger partial charge in [0.05, 0.1) is 16.6 Å². The van der Waals surface area contributed by atoms with Crippen LogP contribution in [0.25, 0.3) is 0 Å². The summed E-state index contributed by atoms with van der Waals surface area (Å²) in [5, 5.41) is 2.95. The van der Waals surface area contributed by atoms with Crippen LogP contribution in [0.5, 0.6) is 0 Å². The van der Waals surface area contributed by atoms with E-state index in [9.17, 15) is 8.42 Å². The van der Waals surface area contributed by atoms with Gasteiger partial charge in [-0.15, -0.1) is 4.41 Å². The van der Waals surface area contributed by atoms with Crippen molar-refractivity contribution in [2.75, 3.05) is 11.6 Å². The fourth-order valence-electron chi connectivity index (χ4n) is 4.49. The Bertz CT molecular complexity index is 1360. The Morgan fingerprint density at radius 2 is 1.18 bits per heavy atom. The molecule has 4 aromatic carbocycles. The second-order valence-electron chi connectivity index (χ2n) is 8.16. The van der Waals surface area contributed by atoms with Crippen LogP contribution >= 0.6 is 23.2 Å². The fraction of sp³-hybridized carbons (Fsp3) is 0.111. The molecule has 5 rings (SSSR count). The van der Waals surface area contributed by atoms with Crippen molar-refractivity contribution in [1.82, 2.24) is 4.41 Å². The predicted molar refractivity (Wildman–Crippen MR) is 138 cm³/mol. The average molecular weight is 509 g/mol. The zero-order chi connectivity index (χ0) is 23.7. The Balaban J connectivity index is 1.72. The molecule has 0 radical (unpaired) electrons. The summed E-state index contributed by atoms with van der Waals surface area (Å²) < 4.78 is 29.9. The van der Waals surface area contributed by atoms with Gasteiger partial charge in [0.25, 0.3) is 10.0 Å². The Labute approximate surface area is 210 Å². The van der Waals surface area contributed by atoms with Crippen LogP contribution in [0.3, 0.4) is 0 Å². The lowest BCUT2D eigenvalue weighted by molar-refractivity contribution is 0.361. The SMILES string of the molecule is O=S(=O)(c1ccc(Cl)cc1)N1C(c2ccc(Cl)cc2)C(c2ccccc2)CN1c1ccccc1. The van der Waals surface area contributed by atoms with Crippen molar-refractivity contribution in [2.45, 2.75) is 16.9 Å². The van der Waals surface area contributed by atoms with Gasteiger partial charge < -0.3 is 0 Å². The van der Waals surface area contributed by atoms with Gasteiger partial charge in [0, 0.05) is 22.5 Å². The van der Waals surface area contributed by atoms with E-state index in [1.807, 2.05) is 65.7 Å². The number of nitrogens with zero attached hydrogens (tertiary/aromatic N) is 2. The molecule has 0 amide bonds. The first kappa shape index (κ1) is 22.9. The standard InChI is InChI=1S/C27H22Cl2N2O2S/c28-22-13-11-21(12-14-22)27-26(20-7-3-1-4-8-20)19-30(24-9-5-2-6-10-24)31(27)34(32,33)25-17-15-23(29)16-18-25/h1-18,26-27H,19H2. The van der Waals surface area contributed by atoms with Gasteiger partial charge in [-0.05, 0) is 59.7 Å². The first-order chi connectivity index (χ1) is 16.4. The van der Waals surface area contributed by atoms with Crippen LogP contribution in [-0.2, 0) is 10.0 Å². The van der Waals surface area contributed by atoms with Crippen LogP contribution < -0.4 is 5.01 Å². The quantitative estimate of drug-likeness (QED) is 0.293. The van der Waals surface area contributed by atoms with Crippen molar-refractivity contribution in [3.05, 3.63) is 130 Å². The third-order valence-corrected chi connectivity index (χ3v) is 8.37. The molecule has 0 N–H and O–H groups in total. The van der Waals surface area contributed by atoms with Crippen LogP contribution in [0.4, 0.5) is 5.69 Å². The van der Waals surface area contributed by atoms with E-state index in [-0.39, 0.29) is 10.8 Å². The molecule has 1 aliphatic rings. The summed E-state index contributed by atoms with van der Waals surface area (Å²) in [5.74, 6) is -0.107. The molecule has 1 heterocycles. The Morgan fingerprint density at radius 1 is 0.647 bits per heavy atom. The zero-order valence-electron chi connectivity index (χ0n) is 18.1. The van der Waals surface area contributed by atoms with Crippen LogP contribution in [0.2, 0.25) is 10.0 Å². The summed E-state index contributed by atoms with van der Waals surface area (Å²) >= 11 is 12.2. The highest BCUT2D eigenvalue weighted by Gasteiger charge is 2.48. The van der Waals surface area contributed by atoms with Crippen LogP contribution in [0.15, 0.2) is 114 Å². The predicted octanol–water partition coefficient (Wildman–Crippen LogP) is 6.94. The van der Waals surface area contributed by atoms with Gasteiger partial charge in [0.15, 0.2) is 0 Å². The smallest absolute Gasteiger partial charge is 0.260 e. The first-order valence-corrected chi connectivity index (χ1v) is 13.1. The lowest BCUT2D eigenvalue weighted by Crippen LogP contribution is -2.42. The number of hydrazine groups is 1. The second kappa shape index (κ2) is 9.43. The van der Waals surface area contributed by atoms with Crippen molar-refractivity contribution in [1.29, 1.82) is 0 Å². The van der Waals surface area contributed by atoms with Crippen LogP contribution in [0, 0.1) is 0 Å². The maximum Gasteiger partial charge on any atom is 0.260 e. The van der Waals surface area contributed by atoms with Gasteiger partial charge in [0.1, 0.15) is 0 Å². The highest BCUT2D eigenvalue weighted by atomic mass is 35.5.